The lowest BCUT2D eigenvalue weighted by atomic mass is 10.2. The number of fused-ring (bicyclic) bond motifs is 1. The minimum atomic E-state index is -0.854. The molecule has 0 fully saturated rings. The molecule has 1 heterocycles. The highest BCUT2D eigenvalue weighted by molar-refractivity contribution is 14.1. The van der Waals surface area contributed by atoms with Gasteiger partial charge in [-0.2, -0.15) is 10.2 Å². The topological polar surface area (TPSA) is 61.4 Å². The summed E-state index contributed by atoms with van der Waals surface area (Å²) < 4.78 is 1.10. The van der Waals surface area contributed by atoms with E-state index >= 15 is 0 Å². The number of H-pyrrole nitrogens is 1. The summed E-state index contributed by atoms with van der Waals surface area (Å²) in [5.41, 5.74) is 1.47. The fourth-order valence-electron chi connectivity index (χ4n) is 1.48. The van der Waals surface area contributed by atoms with Gasteiger partial charge in [0.2, 0.25) is 0 Å². The SMILES string of the molecule is CON(C)C(O)c1[nH]nc2ccc(I)cc12. The first-order chi connectivity index (χ1) is 7.63. The van der Waals surface area contributed by atoms with Crippen LogP contribution in [-0.4, -0.2) is 34.5 Å². The number of hydroxylamine groups is 2. The maximum Gasteiger partial charge on any atom is 0.172 e. The number of nitrogens with zero attached hydrogens (tertiary/aromatic N) is 2. The molecule has 1 unspecified atom stereocenters. The van der Waals surface area contributed by atoms with Gasteiger partial charge in [-0.1, -0.05) is 0 Å². The van der Waals surface area contributed by atoms with Crippen LogP contribution in [0, 0.1) is 3.57 Å². The van der Waals surface area contributed by atoms with Gasteiger partial charge < -0.3 is 5.11 Å². The molecule has 2 N–H and O–H groups in total. The molecule has 0 spiro atoms. The standard InChI is InChI=1S/C10H12IN3O2/c1-14(16-2)10(15)9-7-5-6(11)3-4-8(7)12-13-9/h3-5,10,15H,1-2H3,(H,12,13). The fourth-order valence-corrected chi connectivity index (χ4v) is 1.97. The van der Waals surface area contributed by atoms with Gasteiger partial charge in [0, 0.05) is 16.0 Å². The molecular formula is C10H12IN3O2. The third kappa shape index (κ3) is 2.05. The zero-order valence-corrected chi connectivity index (χ0v) is 11.1. The van der Waals surface area contributed by atoms with Crippen molar-refractivity contribution >= 4 is 33.5 Å². The molecule has 0 saturated heterocycles. The summed E-state index contributed by atoms with van der Waals surface area (Å²) in [7, 11) is 3.16. The van der Waals surface area contributed by atoms with E-state index in [1.54, 1.807) is 7.05 Å². The summed E-state index contributed by atoms with van der Waals surface area (Å²) in [6.45, 7) is 0. The summed E-state index contributed by atoms with van der Waals surface area (Å²) in [6.07, 6.45) is -0.854. The molecule has 0 aliphatic rings. The third-order valence-corrected chi connectivity index (χ3v) is 3.11. The number of rotatable bonds is 3. The molecule has 1 aromatic carbocycles. The minimum absolute atomic E-state index is 0.637. The Bertz CT molecular complexity index is 500. The molecule has 1 aromatic heterocycles. The summed E-state index contributed by atoms with van der Waals surface area (Å²) in [6, 6.07) is 5.86. The molecule has 0 saturated carbocycles. The summed E-state index contributed by atoms with van der Waals surface area (Å²) in [5, 5.41) is 19.2. The van der Waals surface area contributed by atoms with Crippen molar-refractivity contribution in [2.24, 2.45) is 0 Å². The Morgan fingerprint density at radius 3 is 3.00 bits per heavy atom. The Morgan fingerprint density at radius 2 is 2.31 bits per heavy atom. The number of aliphatic hydroxyl groups is 1. The molecule has 2 aromatic rings. The third-order valence-electron chi connectivity index (χ3n) is 2.44. The minimum Gasteiger partial charge on any atom is -0.371 e. The van der Waals surface area contributed by atoms with Crippen molar-refractivity contribution in [2.45, 2.75) is 6.23 Å². The Balaban J connectivity index is 2.48. The van der Waals surface area contributed by atoms with E-state index in [9.17, 15) is 5.11 Å². The van der Waals surface area contributed by atoms with Crippen LogP contribution < -0.4 is 0 Å². The zero-order valence-electron chi connectivity index (χ0n) is 8.94. The smallest absolute Gasteiger partial charge is 0.172 e. The number of aromatic nitrogens is 2. The van der Waals surface area contributed by atoms with E-state index < -0.39 is 6.23 Å². The number of halogens is 1. The molecule has 0 amide bonds. The highest BCUT2D eigenvalue weighted by atomic mass is 127. The van der Waals surface area contributed by atoms with Gasteiger partial charge >= 0.3 is 0 Å². The van der Waals surface area contributed by atoms with Crippen LogP contribution in [0.1, 0.15) is 11.9 Å². The largest absolute Gasteiger partial charge is 0.371 e. The van der Waals surface area contributed by atoms with E-state index in [0.717, 1.165) is 14.5 Å². The van der Waals surface area contributed by atoms with Crippen LogP contribution in [0.15, 0.2) is 18.2 Å². The van der Waals surface area contributed by atoms with Crippen LogP contribution in [0.3, 0.4) is 0 Å². The predicted molar refractivity (Wildman–Crippen MR) is 68.5 cm³/mol. The van der Waals surface area contributed by atoms with Crippen molar-refractivity contribution in [1.82, 2.24) is 15.3 Å². The Hall–Kier alpha value is -0.700. The van der Waals surface area contributed by atoms with Crippen molar-refractivity contribution in [3.05, 3.63) is 27.5 Å². The molecule has 86 valence electrons. The molecule has 6 heteroatoms. The van der Waals surface area contributed by atoms with Crippen LogP contribution in [0.4, 0.5) is 0 Å². The molecule has 0 aliphatic carbocycles. The van der Waals surface area contributed by atoms with Gasteiger partial charge in [-0.3, -0.25) is 9.94 Å². The van der Waals surface area contributed by atoms with E-state index in [1.807, 2.05) is 18.2 Å². The Kier molecular flexibility index (Phi) is 3.43. The van der Waals surface area contributed by atoms with Crippen molar-refractivity contribution in [3.63, 3.8) is 0 Å². The molecule has 0 radical (unpaired) electrons. The zero-order chi connectivity index (χ0) is 11.7. The first kappa shape index (κ1) is 11.8. The first-order valence-corrected chi connectivity index (χ1v) is 5.80. The second-order valence-corrected chi connectivity index (χ2v) is 4.65. The van der Waals surface area contributed by atoms with Crippen molar-refractivity contribution in [1.29, 1.82) is 0 Å². The van der Waals surface area contributed by atoms with Crippen LogP contribution in [-0.2, 0) is 4.84 Å². The first-order valence-electron chi connectivity index (χ1n) is 4.72. The maximum absolute atomic E-state index is 9.99. The van der Waals surface area contributed by atoms with Gasteiger partial charge in [0.1, 0.15) is 0 Å². The van der Waals surface area contributed by atoms with E-state index in [1.165, 1.54) is 12.2 Å². The number of hydrogen-bond acceptors (Lipinski definition) is 4. The Labute approximate surface area is 106 Å². The van der Waals surface area contributed by atoms with Gasteiger partial charge in [0.25, 0.3) is 0 Å². The lowest BCUT2D eigenvalue weighted by Gasteiger charge is -2.19. The van der Waals surface area contributed by atoms with Gasteiger partial charge in [0.05, 0.1) is 18.3 Å². The number of hydrogen-bond donors (Lipinski definition) is 2. The van der Waals surface area contributed by atoms with Crippen molar-refractivity contribution in [3.8, 4) is 0 Å². The quantitative estimate of drug-likeness (QED) is 0.509. The van der Waals surface area contributed by atoms with Gasteiger partial charge in [-0.05, 0) is 40.8 Å². The van der Waals surface area contributed by atoms with Crippen molar-refractivity contribution in [2.75, 3.05) is 14.2 Å². The van der Waals surface area contributed by atoms with E-state index in [-0.39, 0.29) is 0 Å². The van der Waals surface area contributed by atoms with E-state index in [2.05, 4.69) is 32.8 Å². The molecule has 2 rings (SSSR count). The molecule has 1 atom stereocenters. The van der Waals surface area contributed by atoms with E-state index in [0.29, 0.717) is 5.69 Å². The summed E-state index contributed by atoms with van der Waals surface area (Å²) in [5.74, 6) is 0. The number of aliphatic hydroxyl groups excluding tert-OH is 1. The lowest BCUT2D eigenvalue weighted by molar-refractivity contribution is -0.207. The average Bonchev–Trinajstić information content (AvgIpc) is 2.69. The summed E-state index contributed by atoms with van der Waals surface area (Å²) >= 11 is 2.22. The number of nitrogens with one attached hydrogen (secondary N) is 1. The van der Waals surface area contributed by atoms with Crippen LogP contribution in [0.2, 0.25) is 0 Å². The van der Waals surface area contributed by atoms with E-state index in [4.69, 9.17) is 4.84 Å². The van der Waals surface area contributed by atoms with Gasteiger partial charge in [-0.25, -0.2) is 0 Å². The number of benzene rings is 1. The second kappa shape index (κ2) is 4.66. The number of aromatic amines is 1. The molecule has 16 heavy (non-hydrogen) atoms. The normalized spacial score (nSPS) is 13.6. The van der Waals surface area contributed by atoms with Crippen LogP contribution in [0.25, 0.3) is 10.9 Å². The molecular weight excluding hydrogens is 321 g/mol. The highest BCUT2D eigenvalue weighted by Crippen LogP contribution is 2.24. The molecule has 0 bridgehead atoms. The van der Waals surface area contributed by atoms with Gasteiger partial charge in [0.15, 0.2) is 6.23 Å². The summed E-state index contributed by atoms with van der Waals surface area (Å²) in [4.78, 5) is 4.95. The molecule has 0 aliphatic heterocycles. The van der Waals surface area contributed by atoms with Crippen molar-refractivity contribution < 1.29 is 9.94 Å². The fraction of sp³-hybridized carbons (Fsp3) is 0.300. The van der Waals surface area contributed by atoms with Crippen LogP contribution in [0.5, 0.6) is 0 Å². The maximum atomic E-state index is 9.99. The second-order valence-electron chi connectivity index (χ2n) is 3.40. The van der Waals surface area contributed by atoms with Crippen LogP contribution >= 0.6 is 22.6 Å². The Morgan fingerprint density at radius 1 is 1.56 bits per heavy atom. The molecule has 5 nitrogen and oxygen atoms in total. The highest BCUT2D eigenvalue weighted by Gasteiger charge is 2.18. The van der Waals surface area contributed by atoms with Gasteiger partial charge in [-0.15, -0.1) is 0 Å². The monoisotopic (exact) mass is 333 g/mol. The lowest BCUT2D eigenvalue weighted by Crippen LogP contribution is -2.23. The predicted octanol–water partition coefficient (Wildman–Crippen LogP) is 1.65. The average molecular weight is 333 g/mol.